The maximum atomic E-state index is 4.45. The van der Waals surface area contributed by atoms with E-state index in [1.165, 1.54) is 49.7 Å². The molecule has 144 valence electrons. The van der Waals surface area contributed by atoms with Gasteiger partial charge in [0, 0.05) is 5.25 Å². The lowest BCUT2D eigenvalue weighted by atomic mass is 9.63. The van der Waals surface area contributed by atoms with Crippen LogP contribution < -0.4 is 0 Å². The second-order valence-corrected chi connectivity index (χ2v) is 9.97. The Morgan fingerprint density at radius 3 is 2.20 bits per heavy atom. The van der Waals surface area contributed by atoms with Gasteiger partial charge in [0.15, 0.2) is 0 Å². The minimum Gasteiger partial charge on any atom is -0.176 e. The first-order chi connectivity index (χ1) is 11.5. The molecule has 2 aliphatic rings. The Labute approximate surface area is 163 Å². The van der Waals surface area contributed by atoms with Crippen molar-refractivity contribution in [1.82, 2.24) is 0 Å². The molecule has 0 fully saturated rings. The largest absolute Gasteiger partial charge is 0.176 e. The molecule has 1 heteroatoms. The quantitative estimate of drug-likeness (QED) is 0.377. The van der Waals surface area contributed by atoms with Gasteiger partial charge in [0.05, 0.1) is 0 Å². The predicted molar refractivity (Wildman–Crippen MR) is 119 cm³/mol. The third-order valence-electron chi connectivity index (χ3n) is 6.40. The summed E-state index contributed by atoms with van der Waals surface area (Å²) in [5, 5.41) is 0.586. The number of hydrogen-bond donors (Lipinski definition) is 1. The molecular formula is C24H42S. The van der Waals surface area contributed by atoms with Gasteiger partial charge in [-0.05, 0) is 68.3 Å². The number of allylic oxidation sites excluding steroid dienone is 5. The molecular weight excluding hydrogens is 320 g/mol. The van der Waals surface area contributed by atoms with Crippen LogP contribution in [0.25, 0.3) is 0 Å². The van der Waals surface area contributed by atoms with Crippen molar-refractivity contribution in [1.29, 1.82) is 0 Å². The Hall–Kier alpha value is -0.430. The van der Waals surface area contributed by atoms with Crippen LogP contribution in [0.2, 0.25) is 0 Å². The molecule has 1 unspecified atom stereocenters. The highest BCUT2D eigenvalue weighted by molar-refractivity contribution is 7.80. The van der Waals surface area contributed by atoms with Gasteiger partial charge < -0.3 is 0 Å². The Bertz CT molecular complexity index is 516. The summed E-state index contributed by atoms with van der Waals surface area (Å²) in [5.41, 5.74) is 7.07. The lowest BCUT2D eigenvalue weighted by molar-refractivity contribution is 0.256. The van der Waals surface area contributed by atoms with Crippen LogP contribution in [0.4, 0.5) is 0 Å². The molecule has 2 rings (SSSR count). The van der Waals surface area contributed by atoms with Crippen molar-refractivity contribution in [2.45, 2.75) is 105 Å². The molecule has 0 aromatic carbocycles. The first-order valence-electron chi connectivity index (χ1n) is 10.3. The molecule has 0 nitrogen and oxygen atoms in total. The SMILES string of the molecule is C=C(CCC)C1=CCC(S)CC1.CCC1=C(C)C(C)(C)CCC1(C)C. The normalized spacial score (nSPS) is 25.0. The summed E-state index contributed by atoms with van der Waals surface area (Å²) >= 11 is 4.45. The van der Waals surface area contributed by atoms with Crippen molar-refractivity contribution in [2.24, 2.45) is 10.8 Å². The van der Waals surface area contributed by atoms with Crippen molar-refractivity contribution >= 4 is 12.6 Å². The maximum Gasteiger partial charge on any atom is 0.00546 e. The minimum atomic E-state index is 0.445. The maximum absolute atomic E-state index is 4.45. The van der Waals surface area contributed by atoms with Crippen molar-refractivity contribution in [3.63, 3.8) is 0 Å². The molecule has 0 N–H and O–H groups in total. The Balaban J connectivity index is 0.000000251. The van der Waals surface area contributed by atoms with Crippen LogP contribution in [-0.4, -0.2) is 5.25 Å². The van der Waals surface area contributed by atoms with Gasteiger partial charge in [-0.1, -0.05) is 77.3 Å². The molecule has 0 bridgehead atoms. The van der Waals surface area contributed by atoms with Crippen LogP contribution in [-0.2, 0) is 0 Å². The highest BCUT2D eigenvalue weighted by Crippen LogP contribution is 2.49. The molecule has 2 aliphatic carbocycles. The van der Waals surface area contributed by atoms with Gasteiger partial charge in [0.25, 0.3) is 0 Å². The van der Waals surface area contributed by atoms with E-state index in [0.29, 0.717) is 16.1 Å². The fraction of sp³-hybridized carbons (Fsp3) is 0.750. The van der Waals surface area contributed by atoms with Gasteiger partial charge in [0.1, 0.15) is 0 Å². The number of rotatable bonds is 4. The van der Waals surface area contributed by atoms with E-state index >= 15 is 0 Å². The van der Waals surface area contributed by atoms with Crippen LogP contribution in [0.5, 0.6) is 0 Å². The minimum absolute atomic E-state index is 0.445. The van der Waals surface area contributed by atoms with E-state index in [-0.39, 0.29) is 0 Å². The summed E-state index contributed by atoms with van der Waals surface area (Å²) in [5.74, 6) is 0. The first-order valence-corrected chi connectivity index (χ1v) is 10.8. The van der Waals surface area contributed by atoms with Crippen LogP contribution in [0.3, 0.4) is 0 Å². The zero-order valence-corrected chi connectivity index (χ0v) is 18.9. The van der Waals surface area contributed by atoms with Gasteiger partial charge in [0.2, 0.25) is 0 Å². The van der Waals surface area contributed by atoms with Crippen LogP contribution >= 0.6 is 12.6 Å². The van der Waals surface area contributed by atoms with Crippen molar-refractivity contribution in [3.05, 3.63) is 34.9 Å². The van der Waals surface area contributed by atoms with E-state index in [9.17, 15) is 0 Å². The molecule has 0 saturated carbocycles. The van der Waals surface area contributed by atoms with E-state index < -0.39 is 0 Å². The zero-order valence-electron chi connectivity index (χ0n) is 18.0. The topological polar surface area (TPSA) is 0 Å². The highest BCUT2D eigenvalue weighted by atomic mass is 32.1. The van der Waals surface area contributed by atoms with E-state index in [1.807, 2.05) is 0 Å². The summed E-state index contributed by atoms with van der Waals surface area (Å²) in [6.07, 6.45) is 12.1. The van der Waals surface area contributed by atoms with E-state index in [0.717, 1.165) is 12.8 Å². The third kappa shape index (κ3) is 6.35. The summed E-state index contributed by atoms with van der Waals surface area (Å²) in [4.78, 5) is 0. The summed E-state index contributed by atoms with van der Waals surface area (Å²) in [7, 11) is 0. The van der Waals surface area contributed by atoms with Crippen molar-refractivity contribution in [3.8, 4) is 0 Å². The first kappa shape index (κ1) is 22.6. The van der Waals surface area contributed by atoms with Gasteiger partial charge in [-0.3, -0.25) is 0 Å². The Morgan fingerprint density at radius 2 is 1.76 bits per heavy atom. The van der Waals surface area contributed by atoms with E-state index in [2.05, 4.69) is 73.7 Å². The molecule has 25 heavy (non-hydrogen) atoms. The molecule has 0 spiro atoms. The molecule has 0 saturated heterocycles. The highest BCUT2D eigenvalue weighted by Gasteiger charge is 2.35. The van der Waals surface area contributed by atoms with E-state index in [1.54, 1.807) is 11.1 Å². The standard InChI is InChI=1S/C13H24.C11H18S/c1-7-11-10(2)12(3,4)8-9-13(11,5)6;1-3-4-9(2)10-5-7-11(12)8-6-10/h7-9H2,1-6H3;5,11-12H,2-4,6-8H2,1H3. The van der Waals surface area contributed by atoms with Gasteiger partial charge in [-0.15, -0.1) is 0 Å². The molecule has 0 aromatic heterocycles. The van der Waals surface area contributed by atoms with Gasteiger partial charge >= 0.3 is 0 Å². The van der Waals surface area contributed by atoms with Crippen molar-refractivity contribution < 1.29 is 0 Å². The molecule has 0 aromatic rings. The van der Waals surface area contributed by atoms with Crippen LogP contribution in [0.15, 0.2) is 34.9 Å². The predicted octanol–water partition coefficient (Wildman–Crippen LogP) is 8.31. The Morgan fingerprint density at radius 1 is 1.16 bits per heavy atom. The van der Waals surface area contributed by atoms with Gasteiger partial charge in [-0.2, -0.15) is 12.6 Å². The molecule has 0 heterocycles. The van der Waals surface area contributed by atoms with Crippen LogP contribution in [0, 0.1) is 10.8 Å². The smallest absolute Gasteiger partial charge is 0.00546 e. The average Bonchev–Trinajstić information content (AvgIpc) is 2.54. The number of thiol groups is 1. The molecule has 0 amide bonds. The Kier molecular flexibility index (Phi) is 8.58. The molecule has 0 aliphatic heterocycles. The third-order valence-corrected chi connectivity index (χ3v) is 6.87. The second kappa shape index (κ2) is 9.49. The van der Waals surface area contributed by atoms with E-state index in [4.69, 9.17) is 0 Å². The molecule has 0 radical (unpaired) electrons. The summed E-state index contributed by atoms with van der Waals surface area (Å²) in [6, 6.07) is 0. The van der Waals surface area contributed by atoms with Crippen LogP contribution in [0.1, 0.15) is 99.8 Å². The number of hydrogen-bond acceptors (Lipinski definition) is 1. The lowest BCUT2D eigenvalue weighted by Gasteiger charge is -2.42. The zero-order chi connectivity index (χ0) is 19.3. The fourth-order valence-electron chi connectivity index (χ4n) is 4.23. The second-order valence-electron chi connectivity index (χ2n) is 9.24. The average molecular weight is 363 g/mol. The molecule has 1 atom stereocenters. The fourth-order valence-corrected chi connectivity index (χ4v) is 4.46. The lowest BCUT2D eigenvalue weighted by Crippen LogP contribution is -2.29. The van der Waals surface area contributed by atoms with Crippen molar-refractivity contribution in [2.75, 3.05) is 0 Å². The summed E-state index contributed by atoms with van der Waals surface area (Å²) < 4.78 is 0. The van der Waals surface area contributed by atoms with Gasteiger partial charge in [-0.25, -0.2) is 0 Å². The monoisotopic (exact) mass is 362 g/mol. The summed E-state index contributed by atoms with van der Waals surface area (Å²) in [6.45, 7) is 20.5.